The van der Waals surface area contributed by atoms with Gasteiger partial charge in [-0.15, -0.1) is 0 Å². The Labute approximate surface area is 104 Å². The number of nitrogens with one attached hydrogen (secondary N) is 1. The molecule has 1 saturated carbocycles. The second-order valence-corrected chi connectivity index (χ2v) is 5.41. The number of hydrogen-bond acceptors (Lipinski definition) is 2. The lowest BCUT2D eigenvalue weighted by atomic mass is 10.2. The fraction of sp³-hybridized carbons (Fsp3) is 0.600. The van der Waals surface area contributed by atoms with E-state index in [1.54, 1.807) is 0 Å². The molecule has 0 saturated heterocycles. The maximum absolute atomic E-state index is 5.62. The maximum atomic E-state index is 5.62. The van der Waals surface area contributed by atoms with E-state index >= 15 is 0 Å². The lowest BCUT2D eigenvalue weighted by Crippen LogP contribution is -2.16. The molecule has 1 fully saturated rings. The van der Waals surface area contributed by atoms with Crippen LogP contribution in [0.5, 0.6) is 5.75 Å². The molecule has 94 valence electrons. The van der Waals surface area contributed by atoms with Crippen LogP contribution in [0.3, 0.4) is 0 Å². The Bertz CT molecular complexity index is 344. The summed E-state index contributed by atoms with van der Waals surface area (Å²) in [6.07, 6.45) is 1.64. The molecule has 2 atom stereocenters. The summed E-state index contributed by atoms with van der Waals surface area (Å²) in [6, 6.07) is 8.38. The molecule has 2 nitrogen and oxygen atoms in total. The van der Waals surface area contributed by atoms with Gasteiger partial charge in [0, 0.05) is 6.54 Å². The Morgan fingerprint density at radius 3 is 2.47 bits per heavy atom. The SMILES string of the molecule is CC(C)Oc1ccc(CNCC2CC2C)cc1. The third-order valence-corrected chi connectivity index (χ3v) is 3.31. The van der Waals surface area contributed by atoms with E-state index in [1.165, 1.54) is 12.0 Å². The molecule has 17 heavy (non-hydrogen) atoms. The molecular formula is C15H23NO. The topological polar surface area (TPSA) is 21.3 Å². The molecule has 1 N–H and O–H groups in total. The zero-order valence-electron chi connectivity index (χ0n) is 11.1. The van der Waals surface area contributed by atoms with Gasteiger partial charge in [0.2, 0.25) is 0 Å². The Morgan fingerprint density at radius 1 is 1.29 bits per heavy atom. The number of ether oxygens (including phenoxy) is 1. The van der Waals surface area contributed by atoms with Crippen molar-refractivity contribution in [3.05, 3.63) is 29.8 Å². The Morgan fingerprint density at radius 2 is 1.94 bits per heavy atom. The van der Waals surface area contributed by atoms with Crippen LogP contribution >= 0.6 is 0 Å². The van der Waals surface area contributed by atoms with E-state index in [9.17, 15) is 0 Å². The van der Waals surface area contributed by atoms with Crippen LogP contribution in [0.2, 0.25) is 0 Å². The second kappa shape index (κ2) is 5.54. The summed E-state index contributed by atoms with van der Waals surface area (Å²) < 4.78 is 5.62. The highest BCUT2D eigenvalue weighted by Crippen LogP contribution is 2.36. The molecular weight excluding hydrogens is 210 g/mol. The van der Waals surface area contributed by atoms with Crippen molar-refractivity contribution in [2.45, 2.75) is 39.8 Å². The van der Waals surface area contributed by atoms with E-state index in [2.05, 4.69) is 36.5 Å². The number of rotatable bonds is 6. The van der Waals surface area contributed by atoms with Gasteiger partial charge in [-0.1, -0.05) is 19.1 Å². The van der Waals surface area contributed by atoms with Crippen molar-refractivity contribution in [1.29, 1.82) is 0 Å². The summed E-state index contributed by atoms with van der Waals surface area (Å²) in [7, 11) is 0. The van der Waals surface area contributed by atoms with E-state index in [4.69, 9.17) is 4.74 Å². The third-order valence-electron chi connectivity index (χ3n) is 3.31. The molecule has 0 amide bonds. The molecule has 2 rings (SSSR count). The van der Waals surface area contributed by atoms with Crippen LogP contribution in [0.25, 0.3) is 0 Å². The first-order valence-electron chi connectivity index (χ1n) is 6.61. The molecule has 0 aromatic heterocycles. The van der Waals surface area contributed by atoms with Gasteiger partial charge in [-0.2, -0.15) is 0 Å². The highest BCUT2D eigenvalue weighted by Gasteiger charge is 2.31. The van der Waals surface area contributed by atoms with Crippen LogP contribution in [0.15, 0.2) is 24.3 Å². The summed E-state index contributed by atoms with van der Waals surface area (Å²) in [5.74, 6) is 2.81. The first-order valence-corrected chi connectivity index (χ1v) is 6.61. The van der Waals surface area contributed by atoms with Crippen LogP contribution < -0.4 is 10.1 Å². The number of hydrogen-bond donors (Lipinski definition) is 1. The summed E-state index contributed by atoms with van der Waals surface area (Å²) in [5, 5.41) is 3.51. The van der Waals surface area contributed by atoms with E-state index < -0.39 is 0 Å². The molecule has 2 heteroatoms. The van der Waals surface area contributed by atoms with Crippen LogP contribution in [-0.2, 0) is 6.54 Å². The lowest BCUT2D eigenvalue weighted by molar-refractivity contribution is 0.242. The molecule has 0 bridgehead atoms. The maximum Gasteiger partial charge on any atom is 0.119 e. The first kappa shape index (κ1) is 12.4. The molecule has 0 heterocycles. The average Bonchev–Trinajstić information content (AvgIpc) is 2.96. The molecule has 2 unspecified atom stereocenters. The van der Waals surface area contributed by atoms with Gasteiger partial charge in [-0.05, 0) is 56.3 Å². The van der Waals surface area contributed by atoms with Gasteiger partial charge < -0.3 is 10.1 Å². The molecule has 0 spiro atoms. The minimum Gasteiger partial charge on any atom is -0.491 e. The van der Waals surface area contributed by atoms with E-state index in [1.807, 2.05) is 13.8 Å². The molecule has 0 aliphatic heterocycles. The minimum absolute atomic E-state index is 0.246. The fourth-order valence-corrected chi connectivity index (χ4v) is 2.04. The predicted molar refractivity (Wildman–Crippen MR) is 71.2 cm³/mol. The van der Waals surface area contributed by atoms with Crippen molar-refractivity contribution in [3.8, 4) is 5.75 Å². The molecule has 1 aliphatic rings. The summed E-state index contributed by atoms with van der Waals surface area (Å²) >= 11 is 0. The minimum atomic E-state index is 0.246. The van der Waals surface area contributed by atoms with Gasteiger partial charge in [-0.25, -0.2) is 0 Å². The van der Waals surface area contributed by atoms with Crippen LogP contribution in [0, 0.1) is 11.8 Å². The Hall–Kier alpha value is -1.02. The van der Waals surface area contributed by atoms with Gasteiger partial charge in [-0.3, -0.25) is 0 Å². The molecule has 1 aromatic rings. The van der Waals surface area contributed by atoms with Gasteiger partial charge in [0.15, 0.2) is 0 Å². The van der Waals surface area contributed by atoms with Crippen molar-refractivity contribution in [1.82, 2.24) is 5.32 Å². The van der Waals surface area contributed by atoms with E-state index in [0.717, 1.165) is 30.7 Å². The van der Waals surface area contributed by atoms with Crippen molar-refractivity contribution in [2.75, 3.05) is 6.54 Å². The van der Waals surface area contributed by atoms with E-state index in [0.29, 0.717) is 0 Å². The summed E-state index contributed by atoms with van der Waals surface area (Å²) in [4.78, 5) is 0. The quantitative estimate of drug-likeness (QED) is 0.814. The smallest absolute Gasteiger partial charge is 0.119 e. The van der Waals surface area contributed by atoms with Gasteiger partial charge >= 0.3 is 0 Å². The normalized spacial score (nSPS) is 22.8. The largest absolute Gasteiger partial charge is 0.491 e. The van der Waals surface area contributed by atoms with Crippen LogP contribution in [0.4, 0.5) is 0 Å². The predicted octanol–water partition coefficient (Wildman–Crippen LogP) is 3.22. The van der Waals surface area contributed by atoms with Crippen molar-refractivity contribution < 1.29 is 4.74 Å². The molecule has 1 aromatic carbocycles. The highest BCUT2D eigenvalue weighted by molar-refractivity contribution is 5.27. The monoisotopic (exact) mass is 233 g/mol. The zero-order chi connectivity index (χ0) is 12.3. The van der Waals surface area contributed by atoms with Gasteiger partial charge in [0.25, 0.3) is 0 Å². The number of benzene rings is 1. The van der Waals surface area contributed by atoms with Crippen molar-refractivity contribution >= 4 is 0 Å². The Balaban J connectivity index is 1.73. The second-order valence-electron chi connectivity index (χ2n) is 5.41. The van der Waals surface area contributed by atoms with Crippen molar-refractivity contribution in [3.63, 3.8) is 0 Å². The van der Waals surface area contributed by atoms with Gasteiger partial charge in [0.05, 0.1) is 6.10 Å². The van der Waals surface area contributed by atoms with Gasteiger partial charge in [0.1, 0.15) is 5.75 Å². The third kappa shape index (κ3) is 4.04. The lowest BCUT2D eigenvalue weighted by Gasteiger charge is -2.10. The molecule has 1 aliphatic carbocycles. The first-order chi connectivity index (χ1) is 8.15. The standard InChI is InChI=1S/C15H23NO/c1-11(2)17-15-6-4-13(5-7-15)9-16-10-14-8-12(14)3/h4-7,11-12,14,16H,8-10H2,1-3H3. The Kier molecular flexibility index (Phi) is 4.06. The summed E-state index contributed by atoms with van der Waals surface area (Å²) in [6.45, 7) is 8.54. The van der Waals surface area contributed by atoms with E-state index in [-0.39, 0.29) is 6.10 Å². The van der Waals surface area contributed by atoms with Crippen LogP contribution in [-0.4, -0.2) is 12.6 Å². The van der Waals surface area contributed by atoms with Crippen molar-refractivity contribution in [2.24, 2.45) is 11.8 Å². The summed E-state index contributed by atoms with van der Waals surface area (Å²) in [5.41, 5.74) is 1.33. The molecule has 0 radical (unpaired) electrons. The highest BCUT2D eigenvalue weighted by atomic mass is 16.5. The van der Waals surface area contributed by atoms with Crippen LogP contribution in [0.1, 0.15) is 32.8 Å². The fourth-order valence-electron chi connectivity index (χ4n) is 2.04. The average molecular weight is 233 g/mol. The zero-order valence-corrected chi connectivity index (χ0v) is 11.1.